The number of nitro groups is 2. The zero-order valence-corrected chi connectivity index (χ0v) is 22.2. The first kappa shape index (κ1) is 27.5. The molecule has 4 amide bonds. The molecular formula is C31H16N4O9. The number of imide groups is 2. The van der Waals surface area contributed by atoms with Crippen molar-refractivity contribution in [3.8, 4) is 0 Å². The quantitative estimate of drug-likeness (QED) is 0.0944. The number of anilines is 2. The molecule has 0 radical (unpaired) electrons. The molecule has 13 nitrogen and oxygen atoms in total. The molecule has 0 fully saturated rings. The van der Waals surface area contributed by atoms with Crippen LogP contribution in [0.5, 0.6) is 0 Å². The monoisotopic (exact) mass is 588 g/mol. The van der Waals surface area contributed by atoms with E-state index >= 15 is 0 Å². The van der Waals surface area contributed by atoms with Gasteiger partial charge in [-0.1, -0.05) is 18.2 Å². The zero-order chi connectivity index (χ0) is 31.3. The van der Waals surface area contributed by atoms with E-state index in [9.17, 15) is 44.2 Å². The average molecular weight is 588 g/mol. The number of carbonyl (C=O) groups excluding carboxylic acids is 5. The minimum absolute atomic E-state index is 0.0432. The predicted molar refractivity (Wildman–Crippen MR) is 155 cm³/mol. The van der Waals surface area contributed by atoms with Crippen molar-refractivity contribution in [3.05, 3.63) is 145 Å². The lowest BCUT2D eigenvalue weighted by Gasteiger charge is -2.14. The Morgan fingerprint density at radius 3 is 1.41 bits per heavy atom. The fourth-order valence-corrected chi connectivity index (χ4v) is 4.93. The number of nitro benzene ring substituents is 2. The Balaban J connectivity index is 1.14. The molecule has 0 aliphatic carbocycles. The Morgan fingerprint density at radius 1 is 0.568 bits per heavy atom. The van der Waals surface area contributed by atoms with Gasteiger partial charge in [0, 0.05) is 29.8 Å². The molecule has 0 N–H and O–H groups in total. The Bertz CT molecular complexity index is 2020. The van der Waals surface area contributed by atoms with E-state index in [1.165, 1.54) is 60.7 Å². The molecular weight excluding hydrogens is 572 g/mol. The lowest BCUT2D eigenvalue weighted by Crippen LogP contribution is -2.29. The van der Waals surface area contributed by atoms with Crippen molar-refractivity contribution in [2.75, 3.05) is 9.80 Å². The highest BCUT2D eigenvalue weighted by atomic mass is 16.6. The average Bonchev–Trinajstić information content (AvgIpc) is 3.43. The van der Waals surface area contributed by atoms with Crippen LogP contribution in [0, 0.1) is 20.2 Å². The highest BCUT2D eigenvalue weighted by molar-refractivity contribution is 6.35. The summed E-state index contributed by atoms with van der Waals surface area (Å²) in [6.45, 7) is 0. The first-order valence-electron chi connectivity index (χ1n) is 12.8. The lowest BCUT2D eigenvalue weighted by atomic mass is 10.1. The first-order valence-corrected chi connectivity index (χ1v) is 12.8. The molecule has 4 aromatic carbocycles. The highest BCUT2D eigenvalue weighted by Gasteiger charge is 2.39. The summed E-state index contributed by atoms with van der Waals surface area (Å²) in [6.07, 6.45) is 2.81. The van der Waals surface area contributed by atoms with Crippen molar-refractivity contribution < 1.29 is 33.8 Å². The van der Waals surface area contributed by atoms with Gasteiger partial charge in [-0.3, -0.25) is 44.2 Å². The normalized spacial score (nSPS) is 13.9. The van der Waals surface area contributed by atoms with Crippen LogP contribution in [-0.4, -0.2) is 39.3 Å². The largest absolute Gasteiger partial charge is 0.289 e. The molecule has 4 aromatic rings. The van der Waals surface area contributed by atoms with E-state index in [1.807, 2.05) is 0 Å². The molecule has 2 aliphatic rings. The fourth-order valence-electron chi connectivity index (χ4n) is 4.93. The number of nitrogens with zero attached hydrogens (tertiary/aromatic N) is 4. The van der Waals surface area contributed by atoms with E-state index in [0.29, 0.717) is 5.56 Å². The molecule has 0 aromatic heterocycles. The second kappa shape index (κ2) is 10.3. The lowest BCUT2D eigenvalue weighted by molar-refractivity contribution is -0.385. The van der Waals surface area contributed by atoms with Gasteiger partial charge in [-0.2, -0.15) is 0 Å². The molecule has 0 unspecified atom stereocenters. The first-order chi connectivity index (χ1) is 21.0. The van der Waals surface area contributed by atoms with Crippen LogP contribution in [0.25, 0.3) is 6.08 Å². The third-order valence-electron chi connectivity index (χ3n) is 7.15. The van der Waals surface area contributed by atoms with Gasteiger partial charge in [-0.05, 0) is 60.2 Å². The molecule has 6 rings (SSSR count). The minimum Gasteiger partial charge on any atom is -0.289 e. The van der Waals surface area contributed by atoms with Crippen LogP contribution in [0.3, 0.4) is 0 Å². The van der Waals surface area contributed by atoms with Gasteiger partial charge >= 0.3 is 0 Å². The second-order valence-electron chi connectivity index (χ2n) is 9.70. The van der Waals surface area contributed by atoms with E-state index in [-0.39, 0.29) is 56.4 Å². The number of ketones is 1. The van der Waals surface area contributed by atoms with Crippen LogP contribution in [0.2, 0.25) is 0 Å². The van der Waals surface area contributed by atoms with Gasteiger partial charge in [0.1, 0.15) is 0 Å². The minimum atomic E-state index is -0.710. The van der Waals surface area contributed by atoms with Crippen LogP contribution in [0.1, 0.15) is 57.4 Å². The number of hydrogen-bond donors (Lipinski definition) is 0. The van der Waals surface area contributed by atoms with Gasteiger partial charge in [0.05, 0.1) is 43.5 Å². The number of rotatable bonds is 7. The molecule has 0 saturated carbocycles. The topological polar surface area (TPSA) is 178 Å². The summed E-state index contributed by atoms with van der Waals surface area (Å²) < 4.78 is 0. The predicted octanol–water partition coefficient (Wildman–Crippen LogP) is 5.00. The third-order valence-corrected chi connectivity index (χ3v) is 7.15. The Labute approximate surface area is 246 Å². The van der Waals surface area contributed by atoms with Crippen molar-refractivity contribution in [2.24, 2.45) is 0 Å². The van der Waals surface area contributed by atoms with E-state index in [1.54, 1.807) is 12.1 Å². The smallest absolute Gasteiger partial charge is 0.270 e. The van der Waals surface area contributed by atoms with Gasteiger partial charge in [-0.25, -0.2) is 9.80 Å². The van der Waals surface area contributed by atoms with Crippen molar-refractivity contribution in [3.63, 3.8) is 0 Å². The van der Waals surface area contributed by atoms with E-state index in [0.717, 1.165) is 34.1 Å². The van der Waals surface area contributed by atoms with Gasteiger partial charge in [-0.15, -0.1) is 0 Å². The SMILES string of the molecule is O=C(/C=C/c1ccc(N2C(=O)c3ccc([N+](=O)[O-])cc3C2=O)cc1)c1ccc(N2C(=O)c3ccc([N+](=O)[O-])cc3C2=O)cc1. The molecule has 13 heteroatoms. The van der Waals surface area contributed by atoms with Crippen LogP contribution in [0.15, 0.2) is 91.0 Å². The molecule has 0 spiro atoms. The van der Waals surface area contributed by atoms with E-state index in [4.69, 9.17) is 0 Å². The summed E-state index contributed by atoms with van der Waals surface area (Å²) in [7, 11) is 0. The van der Waals surface area contributed by atoms with Gasteiger partial charge in [0.2, 0.25) is 0 Å². The van der Waals surface area contributed by atoms with Gasteiger partial charge in [0.15, 0.2) is 5.78 Å². The fraction of sp³-hybridized carbons (Fsp3) is 0. The molecule has 44 heavy (non-hydrogen) atoms. The summed E-state index contributed by atoms with van der Waals surface area (Å²) in [4.78, 5) is 86.7. The van der Waals surface area contributed by atoms with Gasteiger partial charge in [0.25, 0.3) is 35.0 Å². The molecule has 214 valence electrons. The van der Waals surface area contributed by atoms with Crippen LogP contribution in [-0.2, 0) is 0 Å². The summed E-state index contributed by atoms with van der Waals surface area (Å²) >= 11 is 0. The summed E-state index contributed by atoms with van der Waals surface area (Å²) in [5.41, 5.74) is 0.629. The van der Waals surface area contributed by atoms with Crippen molar-refractivity contribution in [1.29, 1.82) is 0 Å². The molecule has 0 saturated heterocycles. The van der Waals surface area contributed by atoms with Crippen molar-refractivity contribution in [2.45, 2.75) is 0 Å². The highest BCUT2D eigenvalue weighted by Crippen LogP contribution is 2.32. The van der Waals surface area contributed by atoms with Crippen molar-refractivity contribution in [1.82, 2.24) is 0 Å². The number of carbonyl (C=O) groups is 5. The molecule has 0 bridgehead atoms. The summed E-state index contributed by atoms with van der Waals surface area (Å²) in [6, 6.07) is 18.8. The third kappa shape index (κ3) is 4.50. The zero-order valence-electron chi connectivity index (χ0n) is 22.2. The standard InChI is InChI=1S/C31H16N4O9/c36-27(18-4-8-20(9-5-18)33-29(38)24-13-11-22(35(43)44)16-26(24)31(33)40)14-3-17-1-6-19(7-2-17)32-28(37)23-12-10-21(34(41)42)15-25(23)30(32)39/h1-16H/b14-3+. The maximum atomic E-state index is 12.8. The molecule has 0 atom stereocenters. The number of allylic oxidation sites excluding steroid dienone is 1. The van der Waals surface area contributed by atoms with E-state index < -0.39 is 33.5 Å². The van der Waals surface area contributed by atoms with Crippen LogP contribution < -0.4 is 9.80 Å². The Hall–Kier alpha value is -6.63. The molecule has 2 heterocycles. The van der Waals surface area contributed by atoms with Crippen molar-refractivity contribution >= 4 is 58.2 Å². The van der Waals surface area contributed by atoms with Crippen LogP contribution >= 0.6 is 0 Å². The maximum absolute atomic E-state index is 12.8. The van der Waals surface area contributed by atoms with E-state index in [2.05, 4.69) is 0 Å². The number of non-ortho nitro benzene ring substituents is 2. The second-order valence-corrected chi connectivity index (χ2v) is 9.70. The Morgan fingerprint density at radius 2 is 0.977 bits per heavy atom. The Kier molecular flexibility index (Phi) is 6.46. The maximum Gasteiger partial charge on any atom is 0.270 e. The number of fused-ring (bicyclic) bond motifs is 2. The number of benzene rings is 4. The molecule has 2 aliphatic heterocycles. The van der Waals surface area contributed by atoms with Crippen LogP contribution in [0.4, 0.5) is 22.7 Å². The van der Waals surface area contributed by atoms with Gasteiger partial charge < -0.3 is 0 Å². The summed E-state index contributed by atoms with van der Waals surface area (Å²) in [5.74, 6) is -3.02. The summed E-state index contributed by atoms with van der Waals surface area (Å²) in [5, 5.41) is 22.1. The number of hydrogen-bond acceptors (Lipinski definition) is 9. The number of amides is 4.